The molecular formula is C10H20N2O2. The number of hydrogen-bond acceptors (Lipinski definition) is 3. The summed E-state index contributed by atoms with van der Waals surface area (Å²) in [6.45, 7) is 3.29. The van der Waals surface area contributed by atoms with Crippen LogP contribution in [0.4, 0.5) is 0 Å². The van der Waals surface area contributed by atoms with Crippen molar-refractivity contribution in [3.05, 3.63) is 0 Å². The molecule has 0 saturated carbocycles. The zero-order chi connectivity index (χ0) is 10.4. The standard InChI is InChI=1S/C10H20N2O2/c1-12-6-3-9(4-7-12)2-5-11-8-10(13)14/h9,11H,2-8H2,1H3,(H,13,14). The van der Waals surface area contributed by atoms with E-state index in [0.717, 1.165) is 18.9 Å². The topological polar surface area (TPSA) is 52.6 Å². The second kappa shape index (κ2) is 5.98. The summed E-state index contributed by atoms with van der Waals surface area (Å²) in [5, 5.41) is 11.3. The SMILES string of the molecule is CN1CCC(CCNCC(=O)O)CC1. The molecule has 82 valence electrons. The highest BCUT2D eigenvalue weighted by Gasteiger charge is 2.15. The molecular weight excluding hydrogens is 180 g/mol. The molecule has 4 nitrogen and oxygen atoms in total. The Balaban J connectivity index is 1.99. The van der Waals surface area contributed by atoms with Gasteiger partial charge < -0.3 is 15.3 Å². The molecule has 0 bridgehead atoms. The Bertz CT molecular complexity index is 177. The van der Waals surface area contributed by atoms with Gasteiger partial charge in [-0.3, -0.25) is 4.79 Å². The van der Waals surface area contributed by atoms with Gasteiger partial charge in [-0.2, -0.15) is 0 Å². The van der Waals surface area contributed by atoms with Gasteiger partial charge in [0, 0.05) is 0 Å². The van der Waals surface area contributed by atoms with Crippen LogP contribution in [0.15, 0.2) is 0 Å². The molecule has 4 heteroatoms. The third-order valence-corrected chi connectivity index (χ3v) is 2.84. The van der Waals surface area contributed by atoms with Crippen molar-refractivity contribution in [3.8, 4) is 0 Å². The molecule has 1 rings (SSSR count). The van der Waals surface area contributed by atoms with Crippen LogP contribution in [-0.2, 0) is 4.79 Å². The molecule has 1 fully saturated rings. The molecule has 1 aliphatic rings. The van der Waals surface area contributed by atoms with E-state index in [4.69, 9.17) is 5.11 Å². The Hall–Kier alpha value is -0.610. The van der Waals surface area contributed by atoms with Gasteiger partial charge >= 0.3 is 5.97 Å². The normalized spacial score (nSPS) is 19.8. The number of carbonyl (C=O) groups is 1. The van der Waals surface area contributed by atoms with Crippen molar-refractivity contribution in [1.82, 2.24) is 10.2 Å². The van der Waals surface area contributed by atoms with Crippen LogP contribution < -0.4 is 5.32 Å². The Morgan fingerprint density at radius 3 is 2.71 bits per heavy atom. The van der Waals surface area contributed by atoms with E-state index in [9.17, 15) is 4.79 Å². The van der Waals surface area contributed by atoms with Crippen LogP contribution in [-0.4, -0.2) is 49.2 Å². The number of aliphatic carboxylic acids is 1. The number of nitrogens with one attached hydrogen (secondary N) is 1. The van der Waals surface area contributed by atoms with Crippen molar-refractivity contribution < 1.29 is 9.90 Å². The van der Waals surface area contributed by atoms with Gasteiger partial charge in [-0.1, -0.05) is 0 Å². The maximum absolute atomic E-state index is 10.2. The fourth-order valence-electron chi connectivity index (χ4n) is 1.85. The van der Waals surface area contributed by atoms with E-state index in [2.05, 4.69) is 17.3 Å². The quantitative estimate of drug-likeness (QED) is 0.630. The summed E-state index contributed by atoms with van der Waals surface area (Å²) in [6.07, 6.45) is 3.62. The summed E-state index contributed by atoms with van der Waals surface area (Å²) in [4.78, 5) is 12.6. The lowest BCUT2D eigenvalue weighted by Crippen LogP contribution is -2.32. The highest BCUT2D eigenvalue weighted by atomic mass is 16.4. The highest BCUT2D eigenvalue weighted by molar-refractivity contribution is 5.68. The molecule has 0 aliphatic carbocycles. The zero-order valence-electron chi connectivity index (χ0n) is 8.83. The van der Waals surface area contributed by atoms with Crippen LogP contribution in [0.5, 0.6) is 0 Å². The fraction of sp³-hybridized carbons (Fsp3) is 0.900. The van der Waals surface area contributed by atoms with Gasteiger partial charge in [0.2, 0.25) is 0 Å². The first-order valence-corrected chi connectivity index (χ1v) is 5.29. The lowest BCUT2D eigenvalue weighted by atomic mass is 9.94. The molecule has 0 unspecified atom stereocenters. The summed E-state index contributed by atoms with van der Waals surface area (Å²) in [7, 11) is 2.15. The molecule has 1 saturated heterocycles. The number of nitrogens with zero attached hydrogens (tertiary/aromatic N) is 1. The van der Waals surface area contributed by atoms with Gasteiger partial charge in [-0.15, -0.1) is 0 Å². The van der Waals surface area contributed by atoms with E-state index >= 15 is 0 Å². The van der Waals surface area contributed by atoms with Gasteiger partial charge in [-0.05, 0) is 51.9 Å². The highest BCUT2D eigenvalue weighted by Crippen LogP contribution is 2.18. The van der Waals surface area contributed by atoms with Crippen LogP contribution in [0.3, 0.4) is 0 Å². The molecule has 0 spiro atoms. The van der Waals surface area contributed by atoms with Crippen LogP contribution in [0.25, 0.3) is 0 Å². The molecule has 0 radical (unpaired) electrons. The lowest BCUT2D eigenvalue weighted by Gasteiger charge is -2.28. The summed E-state index contributed by atoms with van der Waals surface area (Å²) in [5.41, 5.74) is 0. The molecule has 1 heterocycles. The minimum absolute atomic E-state index is 0.0899. The van der Waals surface area contributed by atoms with E-state index in [1.54, 1.807) is 0 Å². The van der Waals surface area contributed by atoms with Crippen molar-refractivity contribution in [2.45, 2.75) is 19.3 Å². The first kappa shape index (κ1) is 11.5. The van der Waals surface area contributed by atoms with Crippen molar-refractivity contribution in [2.75, 3.05) is 33.2 Å². The van der Waals surface area contributed by atoms with Crippen LogP contribution in [0.2, 0.25) is 0 Å². The smallest absolute Gasteiger partial charge is 0.317 e. The minimum Gasteiger partial charge on any atom is -0.480 e. The predicted octanol–water partition coefficient (Wildman–Crippen LogP) is 0.393. The van der Waals surface area contributed by atoms with Gasteiger partial charge in [-0.25, -0.2) is 0 Å². The van der Waals surface area contributed by atoms with E-state index < -0.39 is 5.97 Å². The number of likely N-dealkylation sites (tertiary alicyclic amines) is 1. The number of hydrogen-bond donors (Lipinski definition) is 2. The van der Waals surface area contributed by atoms with Gasteiger partial charge in [0.05, 0.1) is 6.54 Å². The predicted molar refractivity (Wildman–Crippen MR) is 55.3 cm³/mol. The zero-order valence-corrected chi connectivity index (χ0v) is 8.83. The summed E-state index contributed by atoms with van der Waals surface area (Å²) >= 11 is 0. The molecule has 2 N–H and O–H groups in total. The Labute approximate surface area is 85.3 Å². The van der Waals surface area contributed by atoms with Crippen molar-refractivity contribution in [2.24, 2.45) is 5.92 Å². The summed E-state index contributed by atoms with van der Waals surface area (Å²) in [6, 6.07) is 0. The lowest BCUT2D eigenvalue weighted by molar-refractivity contribution is -0.135. The number of carboxylic acids is 1. The molecule has 1 aliphatic heterocycles. The van der Waals surface area contributed by atoms with E-state index in [1.165, 1.54) is 25.9 Å². The van der Waals surface area contributed by atoms with Crippen molar-refractivity contribution in [1.29, 1.82) is 0 Å². The number of carboxylic acid groups (broad SMARTS) is 1. The molecule has 0 amide bonds. The monoisotopic (exact) mass is 200 g/mol. The van der Waals surface area contributed by atoms with Crippen LogP contribution in [0.1, 0.15) is 19.3 Å². The van der Waals surface area contributed by atoms with E-state index in [1.807, 2.05) is 0 Å². The minimum atomic E-state index is -0.770. The van der Waals surface area contributed by atoms with Crippen molar-refractivity contribution in [3.63, 3.8) is 0 Å². The Kier molecular flexibility index (Phi) is 4.90. The van der Waals surface area contributed by atoms with Crippen LogP contribution in [0, 0.1) is 5.92 Å². The number of rotatable bonds is 5. The van der Waals surface area contributed by atoms with Crippen molar-refractivity contribution >= 4 is 5.97 Å². The summed E-state index contributed by atoms with van der Waals surface area (Å²) < 4.78 is 0. The average molecular weight is 200 g/mol. The van der Waals surface area contributed by atoms with E-state index in [0.29, 0.717) is 0 Å². The third-order valence-electron chi connectivity index (χ3n) is 2.84. The van der Waals surface area contributed by atoms with Gasteiger partial charge in [0.15, 0.2) is 0 Å². The fourth-order valence-corrected chi connectivity index (χ4v) is 1.85. The molecule has 0 aromatic carbocycles. The maximum Gasteiger partial charge on any atom is 0.317 e. The second-order valence-electron chi connectivity index (χ2n) is 4.11. The largest absolute Gasteiger partial charge is 0.480 e. The van der Waals surface area contributed by atoms with Crippen LogP contribution >= 0.6 is 0 Å². The first-order chi connectivity index (χ1) is 6.68. The first-order valence-electron chi connectivity index (χ1n) is 5.29. The maximum atomic E-state index is 10.2. The Morgan fingerprint density at radius 1 is 1.50 bits per heavy atom. The van der Waals surface area contributed by atoms with Gasteiger partial charge in [0.25, 0.3) is 0 Å². The molecule has 0 aromatic heterocycles. The second-order valence-corrected chi connectivity index (χ2v) is 4.11. The summed E-state index contributed by atoms with van der Waals surface area (Å²) in [5.74, 6) is 0.0147. The Morgan fingerprint density at radius 2 is 2.14 bits per heavy atom. The third kappa shape index (κ3) is 4.58. The number of piperidine rings is 1. The molecule has 0 atom stereocenters. The van der Waals surface area contributed by atoms with E-state index in [-0.39, 0.29) is 6.54 Å². The molecule has 14 heavy (non-hydrogen) atoms. The average Bonchev–Trinajstić information content (AvgIpc) is 2.15. The van der Waals surface area contributed by atoms with Gasteiger partial charge in [0.1, 0.15) is 0 Å². The molecule has 0 aromatic rings.